The van der Waals surface area contributed by atoms with Crippen molar-refractivity contribution in [1.29, 1.82) is 0 Å². The SMILES string of the molecule is CCCN(CC(=O)NC)c1c(N)c(C(C)C)nn1C. The normalized spacial score (nSPS) is 10.8. The molecule has 0 unspecified atom stereocenters. The van der Waals surface area contributed by atoms with Gasteiger partial charge in [0, 0.05) is 20.6 Å². The highest BCUT2D eigenvalue weighted by Gasteiger charge is 2.21. The molecule has 1 aromatic heterocycles. The standard InChI is InChI=1S/C13H25N5O/c1-6-7-18(8-10(19)15-4)13-11(14)12(9(2)3)16-17(13)5/h9H,6-8,14H2,1-5H3,(H,15,19). The van der Waals surface area contributed by atoms with Crippen molar-refractivity contribution in [3.05, 3.63) is 5.69 Å². The number of anilines is 2. The number of rotatable bonds is 6. The number of hydrogen-bond donors (Lipinski definition) is 2. The van der Waals surface area contributed by atoms with E-state index in [1.807, 2.05) is 11.9 Å². The van der Waals surface area contributed by atoms with Crippen LogP contribution in [0, 0.1) is 0 Å². The summed E-state index contributed by atoms with van der Waals surface area (Å²) in [6, 6.07) is 0. The Balaban J connectivity index is 3.11. The van der Waals surface area contributed by atoms with E-state index in [1.165, 1.54) is 0 Å². The van der Waals surface area contributed by atoms with Crippen LogP contribution >= 0.6 is 0 Å². The van der Waals surface area contributed by atoms with Gasteiger partial charge in [-0.1, -0.05) is 20.8 Å². The van der Waals surface area contributed by atoms with E-state index in [1.54, 1.807) is 11.7 Å². The van der Waals surface area contributed by atoms with E-state index < -0.39 is 0 Å². The Bertz CT molecular complexity index is 438. The van der Waals surface area contributed by atoms with Crippen LogP contribution in [0.15, 0.2) is 0 Å². The van der Waals surface area contributed by atoms with Crippen molar-refractivity contribution in [2.45, 2.75) is 33.1 Å². The molecule has 108 valence electrons. The van der Waals surface area contributed by atoms with E-state index in [2.05, 4.69) is 31.2 Å². The van der Waals surface area contributed by atoms with Crippen LogP contribution in [0.5, 0.6) is 0 Å². The van der Waals surface area contributed by atoms with Crippen LogP contribution in [-0.4, -0.2) is 35.8 Å². The van der Waals surface area contributed by atoms with Gasteiger partial charge in [0.1, 0.15) is 0 Å². The van der Waals surface area contributed by atoms with Gasteiger partial charge in [0.05, 0.1) is 17.9 Å². The number of aromatic nitrogens is 2. The summed E-state index contributed by atoms with van der Waals surface area (Å²) >= 11 is 0. The lowest BCUT2D eigenvalue weighted by Gasteiger charge is -2.23. The molecule has 0 saturated heterocycles. The summed E-state index contributed by atoms with van der Waals surface area (Å²) in [4.78, 5) is 13.6. The molecule has 0 fully saturated rings. The molecule has 0 saturated carbocycles. The molecule has 1 rings (SSSR count). The number of nitrogens with one attached hydrogen (secondary N) is 1. The first-order valence-electron chi connectivity index (χ1n) is 6.70. The zero-order valence-corrected chi connectivity index (χ0v) is 12.5. The lowest BCUT2D eigenvalue weighted by molar-refractivity contribution is -0.119. The van der Waals surface area contributed by atoms with Crippen molar-refractivity contribution >= 4 is 17.4 Å². The molecule has 0 spiro atoms. The summed E-state index contributed by atoms with van der Waals surface area (Å²) < 4.78 is 1.77. The zero-order chi connectivity index (χ0) is 14.6. The van der Waals surface area contributed by atoms with Crippen LogP contribution in [0.4, 0.5) is 11.5 Å². The second kappa shape index (κ2) is 6.45. The highest BCUT2D eigenvalue weighted by atomic mass is 16.1. The number of nitrogen functional groups attached to an aromatic ring is 1. The van der Waals surface area contributed by atoms with Crippen molar-refractivity contribution in [2.24, 2.45) is 7.05 Å². The monoisotopic (exact) mass is 267 g/mol. The van der Waals surface area contributed by atoms with E-state index in [0.717, 1.165) is 24.5 Å². The molecule has 1 amide bonds. The Labute approximate surface area is 114 Å². The number of nitrogens with two attached hydrogens (primary N) is 1. The summed E-state index contributed by atoms with van der Waals surface area (Å²) in [6.45, 7) is 7.27. The molecule has 19 heavy (non-hydrogen) atoms. The van der Waals surface area contributed by atoms with Gasteiger partial charge in [-0.25, -0.2) is 0 Å². The van der Waals surface area contributed by atoms with Gasteiger partial charge in [-0.15, -0.1) is 0 Å². The minimum absolute atomic E-state index is 0.0276. The van der Waals surface area contributed by atoms with Crippen molar-refractivity contribution in [1.82, 2.24) is 15.1 Å². The van der Waals surface area contributed by atoms with Crippen LogP contribution in [-0.2, 0) is 11.8 Å². The highest BCUT2D eigenvalue weighted by Crippen LogP contribution is 2.30. The van der Waals surface area contributed by atoms with Gasteiger partial charge < -0.3 is 16.0 Å². The molecular weight excluding hydrogens is 242 g/mol. The Morgan fingerprint density at radius 1 is 1.53 bits per heavy atom. The molecule has 0 bridgehead atoms. The maximum absolute atomic E-state index is 11.6. The maximum Gasteiger partial charge on any atom is 0.239 e. The molecule has 0 radical (unpaired) electrons. The molecule has 3 N–H and O–H groups in total. The number of carbonyl (C=O) groups excluding carboxylic acids is 1. The number of hydrogen-bond acceptors (Lipinski definition) is 4. The molecule has 1 aromatic rings. The fourth-order valence-electron chi connectivity index (χ4n) is 2.14. The summed E-state index contributed by atoms with van der Waals surface area (Å²) in [5, 5.41) is 7.11. The number of amides is 1. The third-order valence-corrected chi connectivity index (χ3v) is 3.03. The molecule has 0 aliphatic heterocycles. The van der Waals surface area contributed by atoms with E-state index in [4.69, 9.17) is 5.73 Å². The number of carbonyl (C=O) groups is 1. The molecule has 1 heterocycles. The first kappa shape index (κ1) is 15.3. The van der Waals surface area contributed by atoms with Crippen molar-refractivity contribution in [3.8, 4) is 0 Å². The molecular formula is C13H25N5O. The van der Waals surface area contributed by atoms with E-state index in [9.17, 15) is 4.79 Å². The summed E-state index contributed by atoms with van der Waals surface area (Å²) in [5.41, 5.74) is 7.76. The minimum atomic E-state index is -0.0276. The summed E-state index contributed by atoms with van der Waals surface area (Å²) in [7, 11) is 3.50. The molecule has 6 nitrogen and oxygen atoms in total. The number of nitrogens with zero attached hydrogens (tertiary/aromatic N) is 3. The summed E-state index contributed by atoms with van der Waals surface area (Å²) in [6.07, 6.45) is 0.943. The number of likely N-dealkylation sites (N-methyl/N-ethyl adjacent to an activating group) is 1. The van der Waals surface area contributed by atoms with Crippen LogP contribution in [0.1, 0.15) is 38.8 Å². The third-order valence-electron chi connectivity index (χ3n) is 3.03. The van der Waals surface area contributed by atoms with Crippen molar-refractivity contribution in [3.63, 3.8) is 0 Å². The average Bonchev–Trinajstić information content (AvgIpc) is 2.64. The van der Waals surface area contributed by atoms with Crippen LogP contribution in [0.25, 0.3) is 0 Å². The van der Waals surface area contributed by atoms with Gasteiger partial charge in [-0.05, 0) is 12.3 Å². The second-order valence-electron chi connectivity index (χ2n) is 5.00. The van der Waals surface area contributed by atoms with Crippen LogP contribution in [0.2, 0.25) is 0 Å². The fourth-order valence-corrected chi connectivity index (χ4v) is 2.14. The first-order chi connectivity index (χ1) is 8.92. The first-order valence-corrected chi connectivity index (χ1v) is 6.70. The second-order valence-corrected chi connectivity index (χ2v) is 5.00. The molecule has 6 heteroatoms. The van der Waals surface area contributed by atoms with Gasteiger partial charge in [0.2, 0.25) is 5.91 Å². The quantitative estimate of drug-likeness (QED) is 0.809. The van der Waals surface area contributed by atoms with Gasteiger partial charge in [-0.2, -0.15) is 5.10 Å². The Morgan fingerprint density at radius 3 is 2.58 bits per heavy atom. The predicted octanol–water partition coefficient (Wildman–Crippen LogP) is 1.09. The lowest BCUT2D eigenvalue weighted by atomic mass is 10.1. The largest absolute Gasteiger partial charge is 0.394 e. The van der Waals surface area contributed by atoms with Gasteiger partial charge in [-0.3, -0.25) is 9.48 Å². The maximum atomic E-state index is 11.6. The minimum Gasteiger partial charge on any atom is -0.394 e. The highest BCUT2D eigenvalue weighted by molar-refractivity contribution is 5.82. The molecule has 0 aliphatic carbocycles. The van der Waals surface area contributed by atoms with Crippen molar-refractivity contribution < 1.29 is 4.79 Å². The molecule has 0 aliphatic rings. The lowest BCUT2D eigenvalue weighted by Crippen LogP contribution is -2.37. The molecule has 0 atom stereocenters. The van der Waals surface area contributed by atoms with Crippen LogP contribution in [0.3, 0.4) is 0 Å². The Hall–Kier alpha value is -1.72. The van der Waals surface area contributed by atoms with E-state index in [-0.39, 0.29) is 11.8 Å². The molecule has 0 aromatic carbocycles. The average molecular weight is 267 g/mol. The number of aryl methyl sites for hydroxylation is 1. The zero-order valence-electron chi connectivity index (χ0n) is 12.5. The van der Waals surface area contributed by atoms with E-state index in [0.29, 0.717) is 12.2 Å². The third kappa shape index (κ3) is 3.39. The smallest absolute Gasteiger partial charge is 0.239 e. The fraction of sp³-hybridized carbons (Fsp3) is 0.692. The van der Waals surface area contributed by atoms with Gasteiger partial charge >= 0.3 is 0 Å². The van der Waals surface area contributed by atoms with Gasteiger partial charge in [0.25, 0.3) is 0 Å². The Morgan fingerprint density at radius 2 is 2.16 bits per heavy atom. The van der Waals surface area contributed by atoms with Gasteiger partial charge in [0.15, 0.2) is 5.82 Å². The van der Waals surface area contributed by atoms with E-state index >= 15 is 0 Å². The topological polar surface area (TPSA) is 76.2 Å². The summed E-state index contributed by atoms with van der Waals surface area (Å²) in [5.74, 6) is 1.07. The van der Waals surface area contributed by atoms with Crippen molar-refractivity contribution in [2.75, 3.05) is 30.8 Å². The predicted molar refractivity (Wildman–Crippen MR) is 78.3 cm³/mol. The Kier molecular flexibility index (Phi) is 5.20. The van der Waals surface area contributed by atoms with Crippen LogP contribution < -0.4 is 16.0 Å².